The van der Waals surface area contributed by atoms with Crippen molar-refractivity contribution in [2.24, 2.45) is 0 Å². The third kappa shape index (κ3) is 2.32. The molecule has 0 atom stereocenters. The second-order valence-electron chi connectivity index (χ2n) is 4.84. The Kier molecular flexibility index (Phi) is 4.09. The summed E-state index contributed by atoms with van der Waals surface area (Å²) in [6.45, 7) is 13.8. The molecule has 1 aliphatic rings. The molecule has 0 aliphatic carbocycles. The van der Waals surface area contributed by atoms with Crippen LogP contribution in [0.15, 0.2) is 16.9 Å². The van der Waals surface area contributed by atoms with Gasteiger partial charge in [-0.1, -0.05) is 27.0 Å². The molecular weight excluding hydrogens is 264 g/mol. The second kappa shape index (κ2) is 5.66. The van der Waals surface area contributed by atoms with Gasteiger partial charge in [0.15, 0.2) is 0 Å². The topological polar surface area (TPSA) is 55.1 Å². The molecule has 0 spiro atoms. The number of hydrogen-bond donors (Lipinski definition) is 1. The molecule has 2 aromatic heterocycles. The van der Waals surface area contributed by atoms with Crippen molar-refractivity contribution in [3.8, 4) is 11.4 Å². The molecule has 0 aromatic carbocycles. The van der Waals surface area contributed by atoms with Gasteiger partial charge in [-0.2, -0.15) is 0 Å². The minimum absolute atomic E-state index is 0.147. The summed E-state index contributed by atoms with van der Waals surface area (Å²) < 4.78 is 1.65. The molecule has 0 saturated heterocycles. The first kappa shape index (κ1) is 15.2. The molecule has 4 heteroatoms. The Morgan fingerprint density at radius 1 is 1.33 bits per heavy atom. The average Bonchev–Trinajstić information content (AvgIpc) is 2.80. The van der Waals surface area contributed by atoms with Gasteiger partial charge in [0.1, 0.15) is 0 Å². The van der Waals surface area contributed by atoms with Crippen molar-refractivity contribution in [2.45, 2.75) is 33.9 Å². The maximum Gasteiger partial charge on any atom is 0.257 e. The van der Waals surface area contributed by atoms with Gasteiger partial charge in [-0.05, 0) is 29.8 Å². The zero-order valence-corrected chi connectivity index (χ0v) is 12.7. The summed E-state index contributed by atoms with van der Waals surface area (Å²) >= 11 is 0. The zero-order valence-electron chi connectivity index (χ0n) is 12.7. The van der Waals surface area contributed by atoms with Crippen LogP contribution in [-0.4, -0.2) is 14.7 Å². The monoisotopic (exact) mass is 284 g/mol. The van der Waals surface area contributed by atoms with Crippen molar-refractivity contribution < 1.29 is 5.11 Å². The van der Waals surface area contributed by atoms with Gasteiger partial charge in [-0.15, -0.1) is 0 Å². The lowest BCUT2D eigenvalue weighted by atomic mass is 10.1. The lowest BCUT2D eigenvalue weighted by Gasteiger charge is -2.08. The lowest BCUT2D eigenvalue weighted by Crippen LogP contribution is -2.25. The van der Waals surface area contributed by atoms with Crippen LogP contribution in [0.4, 0.5) is 0 Å². The first-order chi connectivity index (χ1) is 10.0. The van der Waals surface area contributed by atoms with E-state index in [0.717, 1.165) is 27.7 Å². The highest BCUT2D eigenvalue weighted by Crippen LogP contribution is 2.27. The van der Waals surface area contributed by atoms with E-state index in [4.69, 9.17) is 0 Å². The molecule has 3 rings (SSSR count). The lowest BCUT2D eigenvalue weighted by molar-refractivity contribution is 0.278. The third-order valence-corrected chi connectivity index (χ3v) is 3.62. The van der Waals surface area contributed by atoms with Crippen molar-refractivity contribution in [1.82, 2.24) is 9.55 Å². The molecule has 2 aromatic rings. The Labute approximate surface area is 123 Å². The highest BCUT2D eigenvalue weighted by Gasteiger charge is 2.23. The standard InChI is InChI=1S/C15H14N2O2.C2H6/c1-8-4-11-6-17-13(14(11)16-10(8)3)5-9(2)12(7-18)15(17)19;1-2/h4-5,18H,1,3,6-7H2,2H3;1-2H3. The molecular formula is C17H20N2O2. The van der Waals surface area contributed by atoms with Crippen LogP contribution in [0.25, 0.3) is 24.5 Å². The van der Waals surface area contributed by atoms with Crippen LogP contribution < -0.4 is 16.1 Å². The largest absolute Gasteiger partial charge is 0.391 e. The average molecular weight is 284 g/mol. The van der Waals surface area contributed by atoms with E-state index in [9.17, 15) is 9.90 Å². The Morgan fingerprint density at radius 2 is 2.00 bits per heavy atom. The van der Waals surface area contributed by atoms with E-state index in [-0.39, 0.29) is 12.2 Å². The Balaban J connectivity index is 0.000000774. The molecule has 0 unspecified atom stereocenters. The molecule has 0 bridgehead atoms. The van der Waals surface area contributed by atoms with Crippen LogP contribution in [-0.2, 0) is 13.2 Å². The third-order valence-electron chi connectivity index (χ3n) is 3.62. The molecule has 0 saturated carbocycles. The van der Waals surface area contributed by atoms with Gasteiger partial charge in [0.25, 0.3) is 5.56 Å². The summed E-state index contributed by atoms with van der Waals surface area (Å²) in [5.74, 6) is 0. The highest BCUT2D eigenvalue weighted by atomic mass is 16.3. The van der Waals surface area contributed by atoms with Gasteiger partial charge >= 0.3 is 0 Å². The van der Waals surface area contributed by atoms with Crippen LogP contribution >= 0.6 is 0 Å². The van der Waals surface area contributed by atoms with Crippen molar-refractivity contribution in [1.29, 1.82) is 0 Å². The maximum atomic E-state index is 12.3. The number of fused-ring (bicyclic) bond motifs is 3. The molecule has 1 N–H and O–H groups in total. The molecule has 21 heavy (non-hydrogen) atoms. The summed E-state index contributed by atoms with van der Waals surface area (Å²) in [4.78, 5) is 16.7. The Morgan fingerprint density at radius 3 is 2.62 bits per heavy atom. The smallest absolute Gasteiger partial charge is 0.257 e. The fraction of sp³-hybridized carbons (Fsp3) is 0.294. The van der Waals surface area contributed by atoms with E-state index < -0.39 is 0 Å². The van der Waals surface area contributed by atoms with E-state index in [1.54, 1.807) is 4.57 Å². The van der Waals surface area contributed by atoms with Gasteiger partial charge in [0.05, 0.1) is 29.9 Å². The molecule has 4 nitrogen and oxygen atoms in total. The van der Waals surface area contributed by atoms with E-state index in [0.29, 0.717) is 17.5 Å². The number of nitrogens with zero attached hydrogens (tertiary/aromatic N) is 2. The molecule has 0 radical (unpaired) electrons. The van der Waals surface area contributed by atoms with Gasteiger partial charge in [-0.25, -0.2) is 4.98 Å². The molecule has 0 fully saturated rings. The fourth-order valence-electron chi connectivity index (χ4n) is 2.51. The van der Waals surface area contributed by atoms with E-state index in [1.807, 2.05) is 32.9 Å². The van der Waals surface area contributed by atoms with E-state index >= 15 is 0 Å². The minimum atomic E-state index is -0.240. The van der Waals surface area contributed by atoms with Crippen molar-refractivity contribution in [3.63, 3.8) is 0 Å². The van der Waals surface area contributed by atoms with Gasteiger partial charge in [0, 0.05) is 11.1 Å². The number of rotatable bonds is 1. The number of aliphatic hydroxyl groups excluding tert-OH is 1. The maximum absolute atomic E-state index is 12.3. The van der Waals surface area contributed by atoms with Crippen LogP contribution in [0.3, 0.4) is 0 Å². The quantitative estimate of drug-likeness (QED) is 0.723. The summed E-state index contributed by atoms with van der Waals surface area (Å²) in [6.07, 6.45) is 0. The summed E-state index contributed by atoms with van der Waals surface area (Å²) in [5.41, 5.74) is 3.65. The predicted molar refractivity (Wildman–Crippen MR) is 85.3 cm³/mol. The van der Waals surface area contributed by atoms with E-state index in [2.05, 4.69) is 18.1 Å². The fourth-order valence-corrected chi connectivity index (χ4v) is 2.51. The SMILES string of the molecule is C=c1cc2c(nc1=C)-c1cc(C)c(CO)c(=O)n1C2.CC. The minimum Gasteiger partial charge on any atom is -0.391 e. The van der Waals surface area contributed by atoms with Crippen molar-refractivity contribution in [3.05, 3.63) is 49.7 Å². The second-order valence-corrected chi connectivity index (χ2v) is 4.84. The number of hydrogen-bond acceptors (Lipinski definition) is 3. The predicted octanol–water partition coefficient (Wildman–Crippen LogP) is 0.920. The molecule has 110 valence electrons. The van der Waals surface area contributed by atoms with Gasteiger partial charge in [0.2, 0.25) is 0 Å². The van der Waals surface area contributed by atoms with Crippen LogP contribution in [0.2, 0.25) is 0 Å². The van der Waals surface area contributed by atoms with Crippen LogP contribution in [0.5, 0.6) is 0 Å². The summed E-state index contributed by atoms with van der Waals surface area (Å²) in [7, 11) is 0. The summed E-state index contributed by atoms with van der Waals surface area (Å²) in [5, 5.41) is 10.7. The zero-order chi connectivity index (χ0) is 15.7. The highest BCUT2D eigenvalue weighted by molar-refractivity contribution is 5.64. The Bertz CT molecular complexity index is 851. The van der Waals surface area contributed by atoms with Gasteiger partial charge < -0.3 is 9.67 Å². The first-order valence-corrected chi connectivity index (χ1v) is 7.05. The molecule has 3 heterocycles. The molecule has 0 amide bonds. The summed E-state index contributed by atoms with van der Waals surface area (Å²) in [6, 6.07) is 3.82. The van der Waals surface area contributed by atoms with Crippen LogP contribution in [0.1, 0.15) is 30.5 Å². The first-order valence-electron chi connectivity index (χ1n) is 7.05. The van der Waals surface area contributed by atoms with Crippen LogP contribution in [0, 0.1) is 6.92 Å². The van der Waals surface area contributed by atoms with E-state index in [1.165, 1.54) is 0 Å². The number of pyridine rings is 2. The normalized spacial score (nSPS) is 11.4. The van der Waals surface area contributed by atoms with Crippen molar-refractivity contribution >= 4 is 13.2 Å². The number of aryl methyl sites for hydroxylation is 1. The van der Waals surface area contributed by atoms with Gasteiger partial charge in [-0.3, -0.25) is 4.79 Å². The molecule has 1 aliphatic heterocycles. The number of aliphatic hydroxyl groups is 1. The Hall–Kier alpha value is -2.20. The van der Waals surface area contributed by atoms with Crippen molar-refractivity contribution in [2.75, 3.05) is 0 Å². The number of aromatic nitrogens is 2.